The van der Waals surface area contributed by atoms with Gasteiger partial charge < -0.3 is 14.4 Å². The summed E-state index contributed by atoms with van der Waals surface area (Å²) in [7, 11) is 0. The summed E-state index contributed by atoms with van der Waals surface area (Å²) >= 11 is 6.04. The van der Waals surface area contributed by atoms with Crippen molar-refractivity contribution in [3.63, 3.8) is 0 Å². The molecule has 28 heavy (non-hydrogen) atoms. The Kier molecular flexibility index (Phi) is 5.35. The molecular formula is C22H23ClN4O. The molecule has 0 saturated carbocycles. The van der Waals surface area contributed by atoms with E-state index in [1.165, 1.54) is 0 Å². The fourth-order valence-corrected chi connectivity index (χ4v) is 3.73. The molecule has 2 heterocycles. The monoisotopic (exact) mass is 394 g/mol. The van der Waals surface area contributed by atoms with Gasteiger partial charge in [-0.15, -0.1) is 0 Å². The van der Waals surface area contributed by atoms with Gasteiger partial charge in [0.1, 0.15) is 0 Å². The molecule has 1 aliphatic heterocycles. The minimum atomic E-state index is 0.169. The van der Waals surface area contributed by atoms with Gasteiger partial charge in [0, 0.05) is 42.2 Å². The quantitative estimate of drug-likeness (QED) is 0.662. The molecule has 6 heteroatoms. The minimum Gasteiger partial charge on any atom is -0.360 e. The Balaban J connectivity index is 1.35. The molecule has 3 aromatic rings. The summed E-state index contributed by atoms with van der Waals surface area (Å²) in [4.78, 5) is 21.0. The van der Waals surface area contributed by atoms with Crippen molar-refractivity contribution in [1.82, 2.24) is 14.5 Å². The molecular weight excluding hydrogens is 372 g/mol. The predicted molar refractivity (Wildman–Crippen MR) is 112 cm³/mol. The Morgan fingerprint density at radius 1 is 1.07 bits per heavy atom. The number of benzene rings is 2. The predicted octanol–water partition coefficient (Wildman–Crippen LogP) is 3.73. The lowest BCUT2D eigenvalue weighted by molar-refractivity contribution is -0.130. The van der Waals surface area contributed by atoms with E-state index in [9.17, 15) is 4.79 Å². The van der Waals surface area contributed by atoms with Gasteiger partial charge in [0.25, 0.3) is 0 Å². The number of hydrogen-bond acceptors (Lipinski definition) is 3. The minimum absolute atomic E-state index is 0.169. The van der Waals surface area contributed by atoms with E-state index in [-0.39, 0.29) is 5.91 Å². The highest BCUT2D eigenvalue weighted by Gasteiger charge is 2.23. The molecule has 0 spiro atoms. The van der Waals surface area contributed by atoms with Gasteiger partial charge in [0.05, 0.1) is 18.6 Å². The third-order valence-electron chi connectivity index (χ3n) is 5.10. The van der Waals surface area contributed by atoms with Crippen LogP contribution in [0.3, 0.4) is 0 Å². The fourth-order valence-electron chi connectivity index (χ4n) is 3.52. The zero-order valence-electron chi connectivity index (χ0n) is 15.9. The average molecular weight is 395 g/mol. The second kappa shape index (κ2) is 8.07. The van der Waals surface area contributed by atoms with Crippen molar-refractivity contribution in [1.29, 1.82) is 0 Å². The van der Waals surface area contributed by atoms with Gasteiger partial charge >= 0.3 is 0 Å². The molecule has 1 fully saturated rings. The summed E-state index contributed by atoms with van der Waals surface area (Å²) in [6, 6.07) is 16.1. The van der Waals surface area contributed by atoms with Crippen molar-refractivity contribution < 1.29 is 4.79 Å². The number of carbonyl (C=O) groups is 1. The molecule has 0 radical (unpaired) electrons. The van der Waals surface area contributed by atoms with Crippen LogP contribution in [-0.4, -0.2) is 46.5 Å². The van der Waals surface area contributed by atoms with E-state index in [2.05, 4.69) is 40.2 Å². The molecule has 1 aliphatic rings. The van der Waals surface area contributed by atoms with Crippen molar-refractivity contribution in [2.75, 3.05) is 31.1 Å². The number of aryl methyl sites for hydroxylation is 1. The van der Waals surface area contributed by atoms with Gasteiger partial charge in [-0.1, -0.05) is 23.7 Å². The number of aromatic nitrogens is 2. The normalized spacial score (nSPS) is 14.6. The molecule has 2 aromatic carbocycles. The van der Waals surface area contributed by atoms with Crippen LogP contribution >= 0.6 is 11.6 Å². The highest BCUT2D eigenvalue weighted by Crippen LogP contribution is 2.20. The molecule has 0 aliphatic carbocycles. The van der Waals surface area contributed by atoms with Crippen LogP contribution in [0, 0.1) is 6.92 Å². The van der Waals surface area contributed by atoms with Gasteiger partial charge in [-0.25, -0.2) is 4.98 Å². The van der Waals surface area contributed by atoms with E-state index >= 15 is 0 Å². The van der Waals surface area contributed by atoms with Crippen molar-refractivity contribution in [3.05, 3.63) is 77.3 Å². The maximum Gasteiger partial charge on any atom is 0.242 e. The van der Waals surface area contributed by atoms with Crippen LogP contribution < -0.4 is 4.90 Å². The molecule has 1 amide bonds. The number of imidazole rings is 1. The van der Waals surface area contributed by atoms with Crippen LogP contribution in [0.2, 0.25) is 5.02 Å². The lowest BCUT2D eigenvalue weighted by Gasteiger charge is -2.35. The first-order valence-corrected chi connectivity index (χ1v) is 9.84. The molecule has 0 N–H and O–H groups in total. The van der Waals surface area contributed by atoms with E-state index < -0.39 is 0 Å². The third-order valence-corrected chi connectivity index (χ3v) is 5.34. The maximum absolute atomic E-state index is 12.6. The summed E-state index contributed by atoms with van der Waals surface area (Å²) in [5.41, 5.74) is 4.29. The lowest BCUT2D eigenvalue weighted by atomic mass is 10.1. The van der Waals surface area contributed by atoms with E-state index in [0.29, 0.717) is 6.54 Å². The Morgan fingerprint density at radius 2 is 1.86 bits per heavy atom. The number of anilines is 1. The zero-order chi connectivity index (χ0) is 19.5. The second-order valence-corrected chi connectivity index (χ2v) is 7.56. The van der Waals surface area contributed by atoms with Crippen LogP contribution in [0.5, 0.6) is 0 Å². The first-order chi connectivity index (χ1) is 13.6. The van der Waals surface area contributed by atoms with E-state index in [4.69, 9.17) is 11.6 Å². The number of piperazine rings is 1. The Bertz CT molecular complexity index is 967. The molecule has 5 nitrogen and oxygen atoms in total. The molecule has 4 rings (SSSR count). The van der Waals surface area contributed by atoms with Crippen LogP contribution in [0.15, 0.2) is 61.1 Å². The van der Waals surface area contributed by atoms with E-state index in [1.54, 1.807) is 0 Å². The zero-order valence-corrected chi connectivity index (χ0v) is 16.6. The number of nitrogens with zero attached hydrogens (tertiary/aromatic N) is 4. The fraction of sp³-hybridized carbons (Fsp3) is 0.273. The largest absolute Gasteiger partial charge is 0.360 e. The standard InChI is InChI=1S/C22H23ClN4O/c1-17-14-27(16-24-17)21-7-5-20(6-8-21)26-12-11-25(22(28)15-26)10-9-18-3-2-4-19(23)13-18/h2-8,13-14,16H,9-12,15H2,1H3. The van der Waals surface area contributed by atoms with Gasteiger partial charge in [0.2, 0.25) is 5.91 Å². The number of amides is 1. The first kappa shape index (κ1) is 18.6. The van der Waals surface area contributed by atoms with Crippen molar-refractivity contribution in [3.8, 4) is 5.69 Å². The van der Waals surface area contributed by atoms with Gasteiger partial charge in [-0.05, 0) is 55.3 Å². The molecule has 0 bridgehead atoms. The van der Waals surface area contributed by atoms with Crippen molar-refractivity contribution in [2.45, 2.75) is 13.3 Å². The Hall–Kier alpha value is -2.79. The molecule has 1 aromatic heterocycles. The van der Waals surface area contributed by atoms with Crippen molar-refractivity contribution in [2.24, 2.45) is 0 Å². The number of hydrogen-bond donors (Lipinski definition) is 0. The first-order valence-electron chi connectivity index (χ1n) is 9.47. The van der Waals surface area contributed by atoms with Crippen LogP contribution in [0.4, 0.5) is 5.69 Å². The summed E-state index contributed by atoms with van der Waals surface area (Å²) in [5.74, 6) is 0.169. The van der Waals surface area contributed by atoms with Crippen LogP contribution in [-0.2, 0) is 11.2 Å². The number of halogens is 1. The van der Waals surface area contributed by atoms with Gasteiger partial charge in [-0.2, -0.15) is 0 Å². The van der Waals surface area contributed by atoms with Gasteiger partial charge in [0.15, 0.2) is 0 Å². The number of rotatable bonds is 5. The molecule has 0 unspecified atom stereocenters. The Morgan fingerprint density at radius 3 is 2.54 bits per heavy atom. The van der Waals surface area contributed by atoms with E-state index in [1.807, 2.05) is 47.1 Å². The summed E-state index contributed by atoms with van der Waals surface area (Å²) in [6.45, 7) is 4.69. The third kappa shape index (κ3) is 4.20. The van der Waals surface area contributed by atoms with Crippen molar-refractivity contribution >= 4 is 23.2 Å². The molecule has 1 saturated heterocycles. The van der Waals surface area contributed by atoms with Crippen LogP contribution in [0.25, 0.3) is 5.69 Å². The number of carbonyl (C=O) groups excluding carboxylic acids is 1. The van der Waals surface area contributed by atoms with Gasteiger partial charge in [-0.3, -0.25) is 4.79 Å². The average Bonchev–Trinajstić information content (AvgIpc) is 3.13. The second-order valence-electron chi connectivity index (χ2n) is 7.12. The lowest BCUT2D eigenvalue weighted by Crippen LogP contribution is -2.51. The van der Waals surface area contributed by atoms with E-state index in [0.717, 1.165) is 53.7 Å². The summed E-state index contributed by atoms with van der Waals surface area (Å²) in [6.07, 6.45) is 4.63. The topological polar surface area (TPSA) is 41.4 Å². The van der Waals surface area contributed by atoms with Crippen LogP contribution in [0.1, 0.15) is 11.3 Å². The highest BCUT2D eigenvalue weighted by atomic mass is 35.5. The Labute approximate surface area is 170 Å². The maximum atomic E-state index is 12.6. The smallest absolute Gasteiger partial charge is 0.242 e. The molecule has 0 atom stereocenters. The summed E-state index contributed by atoms with van der Waals surface area (Å²) in [5, 5.41) is 0.739. The SMILES string of the molecule is Cc1cn(-c2ccc(N3CCN(CCc4cccc(Cl)c4)C(=O)C3)cc2)cn1. The molecule has 144 valence electrons. The highest BCUT2D eigenvalue weighted by molar-refractivity contribution is 6.30. The summed E-state index contributed by atoms with van der Waals surface area (Å²) < 4.78 is 2.00.